The number of piperazine rings is 1. The summed E-state index contributed by atoms with van der Waals surface area (Å²) in [4.78, 5) is 24.8. The van der Waals surface area contributed by atoms with E-state index in [1.54, 1.807) is 29.2 Å². The summed E-state index contributed by atoms with van der Waals surface area (Å²) in [5, 5.41) is 0. The zero-order valence-electron chi connectivity index (χ0n) is 13.2. The van der Waals surface area contributed by atoms with E-state index >= 15 is 0 Å². The number of benzene rings is 1. The van der Waals surface area contributed by atoms with Crippen LogP contribution in [0.15, 0.2) is 24.3 Å². The van der Waals surface area contributed by atoms with E-state index in [1.807, 2.05) is 0 Å². The van der Waals surface area contributed by atoms with Crippen LogP contribution in [0.3, 0.4) is 0 Å². The number of rotatable bonds is 5. The Kier molecular flexibility index (Phi) is 5.38. The van der Waals surface area contributed by atoms with Crippen LogP contribution in [-0.2, 0) is 14.8 Å². The van der Waals surface area contributed by atoms with Crippen LogP contribution in [0.25, 0.3) is 0 Å². The summed E-state index contributed by atoms with van der Waals surface area (Å²) in [5.41, 5.74) is 0.584. The van der Waals surface area contributed by atoms with E-state index in [-0.39, 0.29) is 18.3 Å². The first kappa shape index (κ1) is 17.4. The molecule has 0 spiro atoms. The molecule has 0 unspecified atom stereocenters. The first-order chi connectivity index (χ1) is 10.8. The summed E-state index contributed by atoms with van der Waals surface area (Å²) in [6, 6.07) is 6.58. The third-order valence-corrected chi connectivity index (χ3v) is 4.99. The smallest absolute Gasteiger partial charge is 0.260 e. The normalized spacial score (nSPS) is 16.2. The summed E-state index contributed by atoms with van der Waals surface area (Å²) < 4.78 is 29.6. The van der Waals surface area contributed by atoms with Gasteiger partial charge in [0.25, 0.3) is 5.91 Å². The lowest BCUT2D eigenvalue weighted by Gasteiger charge is -2.33. The molecule has 1 aromatic carbocycles. The number of ketones is 1. The highest BCUT2D eigenvalue weighted by Crippen LogP contribution is 2.13. The van der Waals surface area contributed by atoms with Gasteiger partial charge in [-0.05, 0) is 31.2 Å². The van der Waals surface area contributed by atoms with Gasteiger partial charge in [0.05, 0.1) is 6.26 Å². The van der Waals surface area contributed by atoms with Crippen molar-refractivity contribution in [3.8, 4) is 5.75 Å². The second-order valence-corrected chi connectivity index (χ2v) is 7.39. The highest BCUT2D eigenvalue weighted by atomic mass is 32.2. The molecule has 1 amide bonds. The van der Waals surface area contributed by atoms with Gasteiger partial charge in [-0.15, -0.1) is 0 Å². The molecule has 1 aliphatic rings. The molecule has 0 N–H and O–H groups in total. The van der Waals surface area contributed by atoms with Crippen LogP contribution < -0.4 is 4.74 Å². The molecule has 126 valence electrons. The fourth-order valence-electron chi connectivity index (χ4n) is 2.29. The molecule has 1 aliphatic heterocycles. The van der Waals surface area contributed by atoms with E-state index < -0.39 is 10.0 Å². The van der Waals surface area contributed by atoms with Gasteiger partial charge in [0.15, 0.2) is 12.4 Å². The van der Waals surface area contributed by atoms with E-state index in [2.05, 4.69) is 0 Å². The van der Waals surface area contributed by atoms with Gasteiger partial charge in [0.2, 0.25) is 10.0 Å². The maximum Gasteiger partial charge on any atom is 0.260 e. The van der Waals surface area contributed by atoms with Crippen molar-refractivity contribution < 1.29 is 22.7 Å². The number of hydrogen-bond acceptors (Lipinski definition) is 5. The van der Waals surface area contributed by atoms with Crippen molar-refractivity contribution in [3.63, 3.8) is 0 Å². The Morgan fingerprint density at radius 1 is 1.09 bits per heavy atom. The maximum absolute atomic E-state index is 12.1. The lowest BCUT2D eigenvalue weighted by molar-refractivity contribution is -0.134. The van der Waals surface area contributed by atoms with E-state index in [0.717, 1.165) is 6.26 Å². The molecular weight excluding hydrogens is 320 g/mol. The summed E-state index contributed by atoms with van der Waals surface area (Å²) in [7, 11) is -3.20. The largest absolute Gasteiger partial charge is 0.484 e. The Hall–Kier alpha value is -1.93. The molecular formula is C15H20N2O5S. The van der Waals surface area contributed by atoms with Gasteiger partial charge in [0, 0.05) is 31.7 Å². The molecule has 0 aliphatic carbocycles. The second kappa shape index (κ2) is 7.10. The number of amides is 1. The van der Waals surface area contributed by atoms with Gasteiger partial charge in [-0.2, -0.15) is 4.31 Å². The predicted octanol–water partition coefficient (Wildman–Crippen LogP) is 0.372. The van der Waals surface area contributed by atoms with Gasteiger partial charge in [-0.3, -0.25) is 9.59 Å². The molecule has 7 nitrogen and oxygen atoms in total. The molecule has 8 heteroatoms. The van der Waals surface area contributed by atoms with Crippen LogP contribution in [0.1, 0.15) is 17.3 Å². The molecule has 1 saturated heterocycles. The Bertz CT molecular complexity index is 676. The first-order valence-corrected chi connectivity index (χ1v) is 9.09. The lowest BCUT2D eigenvalue weighted by Crippen LogP contribution is -2.51. The van der Waals surface area contributed by atoms with E-state index in [1.165, 1.54) is 11.2 Å². The quantitative estimate of drug-likeness (QED) is 0.723. The fourth-order valence-corrected chi connectivity index (χ4v) is 3.12. The van der Waals surface area contributed by atoms with Crippen LogP contribution in [0.5, 0.6) is 5.75 Å². The molecule has 0 atom stereocenters. The summed E-state index contributed by atoms with van der Waals surface area (Å²) in [6.07, 6.45) is 1.16. The number of nitrogens with zero attached hydrogens (tertiary/aromatic N) is 2. The van der Waals surface area contributed by atoms with Gasteiger partial charge in [-0.25, -0.2) is 8.42 Å². The van der Waals surface area contributed by atoms with Crippen LogP contribution in [0.4, 0.5) is 0 Å². The van der Waals surface area contributed by atoms with E-state index in [4.69, 9.17) is 4.74 Å². The van der Waals surface area contributed by atoms with Gasteiger partial charge < -0.3 is 9.64 Å². The van der Waals surface area contributed by atoms with Gasteiger partial charge in [-0.1, -0.05) is 0 Å². The molecule has 0 aromatic heterocycles. The number of hydrogen-bond donors (Lipinski definition) is 0. The zero-order chi connectivity index (χ0) is 17.0. The SMILES string of the molecule is CC(=O)c1ccc(OCC(=O)N2CCN(S(C)(=O)=O)CC2)cc1. The average Bonchev–Trinajstić information content (AvgIpc) is 2.52. The maximum atomic E-state index is 12.1. The number of carbonyl (C=O) groups is 2. The van der Waals surface area contributed by atoms with E-state index in [9.17, 15) is 18.0 Å². The van der Waals surface area contributed by atoms with Crippen LogP contribution in [0, 0.1) is 0 Å². The standard InChI is InChI=1S/C15H20N2O5S/c1-12(18)13-3-5-14(6-4-13)22-11-15(19)16-7-9-17(10-8-16)23(2,20)21/h3-6H,7-11H2,1-2H3. The van der Waals surface area contributed by atoms with Crippen molar-refractivity contribution in [2.75, 3.05) is 39.0 Å². The number of carbonyl (C=O) groups excluding carboxylic acids is 2. The molecule has 1 aromatic rings. The van der Waals surface area contributed by atoms with Crippen molar-refractivity contribution in [1.29, 1.82) is 0 Å². The highest BCUT2D eigenvalue weighted by Gasteiger charge is 2.26. The third kappa shape index (κ3) is 4.77. The highest BCUT2D eigenvalue weighted by molar-refractivity contribution is 7.88. The van der Waals surface area contributed by atoms with Gasteiger partial charge >= 0.3 is 0 Å². The number of sulfonamides is 1. The monoisotopic (exact) mass is 340 g/mol. The van der Waals surface area contributed by atoms with Crippen molar-refractivity contribution in [2.24, 2.45) is 0 Å². The average molecular weight is 340 g/mol. The number of ether oxygens (including phenoxy) is 1. The van der Waals surface area contributed by atoms with Crippen LogP contribution in [-0.4, -0.2) is 68.4 Å². The Morgan fingerprint density at radius 2 is 1.65 bits per heavy atom. The third-order valence-electron chi connectivity index (χ3n) is 3.68. The zero-order valence-corrected chi connectivity index (χ0v) is 14.0. The van der Waals surface area contributed by atoms with Crippen molar-refractivity contribution in [3.05, 3.63) is 29.8 Å². The summed E-state index contributed by atoms with van der Waals surface area (Å²) in [5.74, 6) is 0.295. The van der Waals surface area contributed by atoms with Crippen LogP contribution >= 0.6 is 0 Å². The molecule has 0 saturated carbocycles. The molecule has 0 bridgehead atoms. The molecule has 23 heavy (non-hydrogen) atoms. The molecule has 0 radical (unpaired) electrons. The van der Waals surface area contributed by atoms with E-state index in [0.29, 0.717) is 37.5 Å². The van der Waals surface area contributed by atoms with Crippen molar-refractivity contribution >= 4 is 21.7 Å². The minimum atomic E-state index is -3.20. The van der Waals surface area contributed by atoms with Crippen molar-refractivity contribution in [1.82, 2.24) is 9.21 Å². The van der Waals surface area contributed by atoms with Gasteiger partial charge in [0.1, 0.15) is 5.75 Å². The molecule has 1 heterocycles. The fraction of sp³-hybridized carbons (Fsp3) is 0.467. The molecule has 2 rings (SSSR count). The minimum absolute atomic E-state index is 0.0311. The summed E-state index contributed by atoms with van der Waals surface area (Å²) in [6.45, 7) is 2.70. The predicted molar refractivity (Wildman–Crippen MR) is 84.9 cm³/mol. The Balaban J connectivity index is 1.83. The minimum Gasteiger partial charge on any atom is -0.484 e. The second-order valence-electron chi connectivity index (χ2n) is 5.41. The number of Topliss-reactive ketones (excluding diaryl/α,β-unsaturated/α-hetero) is 1. The van der Waals surface area contributed by atoms with Crippen molar-refractivity contribution in [2.45, 2.75) is 6.92 Å². The molecule has 1 fully saturated rings. The van der Waals surface area contributed by atoms with Crippen LogP contribution in [0.2, 0.25) is 0 Å². The Morgan fingerprint density at radius 3 is 2.13 bits per heavy atom. The first-order valence-electron chi connectivity index (χ1n) is 7.24. The Labute approximate surface area is 135 Å². The lowest BCUT2D eigenvalue weighted by atomic mass is 10.1. The summed E-state index contributed by atoms with van der Waals surface area (Å²) >= 11 is 0. The topological polar surface area (TPSA) is 84.0 Å².